The Hall–Kier alpha value is -1.07. The first-order valence-electron chi connectivity index (χ1n) is 9.48. The summed E-state index contributed by atoms with van der Waals surface area (Å²) < 4.78 is 17.4. The molecule has 142 valence electrons. The van der Waals surface area contributed by atoms with Gasteiger partial charge in [0.2, 0.25) is 0 Å². The topological polar surface area (TPSA) is 44.8 Å². The number of carbonyl (C=O) groups excluding carboxylic acids is 1. The summed E-state index contributed by atoms with van der Waals surface area (Å²) in [4.78, 5) is 10.9. The van der Waals surface area contributed by atoms with Gasteiger partial charge in [-0.25, -0.2) is 0 Å². The maximum atomic E-state index is 10.9. The Balaban J connectivity index is 2.79. The number of carbonyl (C=O) groups is 1. The number of hydrogen-bond acceptors (Lipinski definition) is 4. The zero-order valence-corrected chi connectivity index (χ0v) is 16.9. The minimum atomic E-state index is -0.416. The van der Waals surface area contributed by atoms with Crippen LogP contribution in [0.5, 0.6) is 0 Å². The third kappa shape index (κ3) is 6.63. The first-order chi connectivity index (χ1) is 11.6. The highest BCUT2D eigenvalue weighted by Gasteiger charge is 2.52. The van der Waals surface area contributed by atoms with Gasteiger partial charge < -0.3 is 14.0 Å². The second kappa shape index (κ2) is 9.58. The number of hydrogen-bond donors (Lipinski definition) is 0. The minimum absolute atomic E-state index is 0.260. The molecule has 1 heterocycles. The van der Waals surface area contributed by atoms with E-state index in [9.17, 15) is 4.79 Å². The molecule has 1 fully saturated rings. The zero-order valence-electron chi connectivity index (χ0n) is 16.9. The molecule has 0 aliphatic carbocycles. The van der Waals surface area contributed by atoms with Crippen molar-refractivity contribution in [3.05, 3.63) is 23.7 Å². The van der Waals surface area contributed by atoms with Crippen LogP contribution >= 0.6 is 0 Å². The Kier molecular flexibility index (Phi) is 8.42. The van der Waals surface area contributed by atoms with Gasteiger partial charge >= 0.3 is 13.1 Å². The third-order valence-electron chi connectivity index (χ3n) is 5.03. The highest BCUT2D eigenvalue weighted by molar-refractivity contribution is 6.56. The van der Waals surface area contributed by atoms with E-state index in [4.69, 9.17) is 14.0 Å². The van der Waals surface area contributed by atoms with Gasteiger partial charge in [-0.15, -0.1) is 0 Å². The Morgan fingerprint density at radius 2 is 1.72 bits per heavy atom. The van der Waals surface area contributed by atoms with E-state index in [1.165, 1.54) is 26.2 Å². The lowest BCUT2D eigenvalue weighted by atomic mass is 9.72. The Morgan fingerprint density at radius 3 is 2.24 bits per heavy atom. The summed E-state index contributed by atoms with van der Waals surface area (Å²) in [5, 5.41) is 0. The van der Waals surface area contributed by atoms with Gasteiger partial charge in [0, 0.05) is 6.92 Å². The molecule has 1 rings (SSSR count). The van der Waals surface area contributed by atoms with Crippen LogP contribution in [0.15, 0.2) is 23.7 Å². The number of unbranched alkanes of at least 4 members (excludes halogenated alkanes) is 3. The molecule has 25 heavy (non-hydrogen) atoms. The van der Waals surface area contributed by atoms with Crippen LogP contribution in [0.25, 0.3) is 0 Å². The van der Waals surface area contributed by atoms with Crippen molar-refractivity contribution < 1.29 is 18.8 Å². The van der Waals surface area contributed by atoms with Crippen LogP contribution in [0.4, 0.5) is 0 Å². The summed E-state index contributed by atoms with van der Waals surface area (Å²) in [5.41, 5.74) is 1.28. The highest BCUT2D eigenvalue weighted by Crippen LogP contribution is 2.40. The third-order valence-corrected chi connectivity index (χ3v) is 5.03. The summed E-state index contributed by atoms with van der Waals surface area (Å²) in [7, 11) is -0.416. The van der Waals surface area contributed by atoms with Gasteiger partial charge in [0.25, 0.3) is 0 Å². The van der Waals surface area contributed by atoms with Crippen LogP contribution in [-0.2, 0) is 18.8 Å². The van der Waals surface area contributed by atoms with E-state index in [-0.39, 0.29) is 17.2 Å². The maximum Gasteiger partial charge on any atom is 0.494 e. The van der Waals surface area contributed by atoms with Crippen molar-refractivity contribution in [1.29, 1.82) is 0 Å². The number of rotatable bonds is 10. The van der Waals surface area contributed by atoms with Gasteiger partial charge in [-0.3, -0.25) is 4.79 Å². The standard InChI is InChI=1S/C20H35BO4/c1-8-9-10-11-13-16(2)18(14-12-15-23-17(3)22)21-24-19(4,5)20(6,7)25-21/h14H,2,8-13,15H2,1,3-7H3/b18-14-. The molecule has 0 radical (unpaired) electrons. The fraction of sp³-hybridized carbons (Fsp3) is 0.750. The summed E-state index contributed by atoms with van der Waals surface area (Å²) in [5.74, 6) is -0.260. The van der Waals surface area contributed by atoms with Crippen LogP contribution in [0, 0.1) is 0 Å². The van der Waals surface area contributed by atoms with Gasteiger partial charge in [-0.1, -0.05) is 44.4 Å². The molecule has 0 aromatic heterocycles. The van der Waals surface area contributed by atoms with Crippen molar-refractivity contribution in [2.45, 2.75) is 91.3 Å². The van der Waals surface area contributed by atoms with Gasteiger partial charge in [-0.2, -0.15) is 0 Å². The molecule has 0 bridgehead atoms. The van der Waals surface area contributed by atoms with E-state index in [0.717, 1.165) is 23.9 Å². The molecular formula is C20H35BO4. The highest BCUT2D eigenvalue weighted by atomic mass is 16.7. The number of esters is 1. The van der Waals surface area contributed by atoms with Gasteiger partial charge in [0.15, 0.2) is 0 Å². The summed E-state index contributed by atoms with van der Waals surface area (Å²) in [6.45, 7) is 16.5. The van der Waals surface area contributed by atoms with Crippen LogP contribution in [0.1, 0.15) is 80.1 Å². The lowest BCUT2D eigenvalue weighted by molar-refractivity contribution is -0.140. The second-order valence-electron chi connectivity index (χ2n) is 7.79. The molecule has 0 aromatic carbocycles. The fourth-order valence-corrected chi connectivity index (χ4v) is 2.70. The first kappa shape index (κ1) is 22.0. The normalized spacial score (nSPS) is 19.1. The second-order valence-corrected chi connectivity index (χ2v) is 7.79. The molecule has 0 spiro atoms. The Labute approximate surface area is 154 Å². The molecule has 4 nitrogen and oxygen atoms in total. The van der Waals surface area contributed by atoms with E-state index in [1.54, 1.807) is 0 Å². The van der Waals surface area contributed by atoms with Crippen LogP contribution in [-0.4, -0.2) is 30.9 Å². The molecule has 5 heteroatoms. The zero-order chi connectivity index (χ0) is 19.1. The average molecular weight is 350 g/mol. The van der Waals surface area contributed by atoms with Gasteiger partial charge in [0.1, 0.15) is 0 Å². The van der Waals surface area contributed by atoms with Gasteiger partial charge in [-0.05, 0) is 52.4 Å². The fourth-order valence-electron chi connectivity index (χ4n) is 2.70. The molecule has 1 aliphatic heterocycles. The maximum absolute atomic E-state index is 10.9. The molecular weight excluding hydrogens is 315 g/mol. The summed E-state index contributed by atoms with van der Waals surface area (Å²) in [6, 6.07) is 0. The number of ether oxygens (including phenoxy) is 1. The lowest BCUT2D eigenvalue weighted by Gasteiger charge is -2.32. The molecule has 0 saturated carbocycles. The van der Waals surface area contributed by atoms with E-state index < -0.39 is 7.12 Å². The smallest absolute Gasteiger partial charge is 0.466 e. The first-order valence-corrected chi connectivity index (χ1v) is 9.48. The quantitative estimate of drug-likeness (QED) is 0.240. The molecule has 0 N–H and O–H groups in total. The average Bonchev–Trinajstić information content (AvgIpc) is 2.71. The molecule has 0 amide bonds. The van der Waals surface area contributed by atoms with Crippen molar-refractivity contribution in [2.24, 2.45) is 0 Å². The lowest BCUT2D eigenvalue weighted by Crippen LogP contribution is -2.41. The van der Waals surface area contributed by atoms with E-state index in [2.05, 4.69) is 13.5 Å². The Bertz CT molecular complexity index is 478. The van der Waals surface area contributed by atoms with Gasteiger partial charge in [0.05, 0.1) is 17.8 Å². The largest absolute Gasteiger partial charge is 0.494 e. The molecule has 1 aliphatic rings. The number of allylic oxidation sites excluding steroid dienone is 2. The molecule has 0 aromatic rings. The SMILES string of the molecule is C=C(CCCCCC)/C(=C/CCOC(C)=O)B1OC(C)(C)C(C)(C)O1. The van der Waals surface area contributed by atoms with E-state index >= 15 is 0 Å². The van der Waals surface area contributed by atoms with E-state index in [1.807, 2.05) is 33.8 Å². The predicted octanol–water partition coefficient (Wildman–Crippen LogP) is 5.02. The van der Waals surface area contributed by atoms with Crippen molar-refractivity contribution in [1.82, 2.24) is 0 Å². The minimum Gasteiger partial charge on any atom is -0.466 e. The summed E-state index contributed by atoms with van der Waals surface area (Å²) >= 11 is 0. The van der Waals surface area contributed by atoms with E-state index in [0.29, 0.717) is 13.0 Å². The monoisotopic (exact) mass is 350 g/mol. The summed E-state index contributed by atoms with van der Waals surface area (Å²) in [6.07, 6.45) is 8.40. The van der Waals surface area contributed by atoms with Crippen molar-refractivity contribution in [3.8, 4) is 0 Å². The van der Waals surface area contributed by atoms with Crippen molar-refractivity contribution in [3.63, 3.8) is 0 Å². The van der Waals surface area contributed by atoms with Crippen LogP contribution in [0.3, 0.4) is 0 Å². The molecule has 0 unspecified atom stereocenters. The van der Waals surface area contributed by atoms with Crippen LogP contribution in [0.2, 0.25) is 0 Å². The molecule has 0 atom stereocenters. The Morgan fingerprint density at radius 1 is 1.12 bits per heavy atom. The van der Waals surface area contributed by atoms with Crippen molar-refractivity contribution >= 4 is 13.1 Å². The molecule has 1 saturated heterocycles. The predicted molar refractivity (Wildman–Crippen MR) is 103 cm³/mol. The van der Waals surface area contributed by atoms with Crippen LogP contribution < -0.4 is 0 Å². The van der Waals surface area contributed by atoms with Crippen molar-refractivity contribution in [2.75, 3.05) is 6.61 Å².